The van der Waals surface area contributed by atoms with E-state index >= 15 is 0 Å². The Hall–Kier alpha value is -2.92. The van der Waals surface area contributed by atoms with E-state index in [1.807, 2.05) is 32.9 Å². The Kier molecular flexibility index (Phi) is 11.9. The predicted octanol–water partition coefficient (Wildman–Crippen LogP) is 8.17. The highest BCUT2D eigenvalue weighted by atomic mass is 35.5. The van der Waals surface area contributed by atoms with Crippen molar-refractivity contribution in [3.8, 4) is 5.75 Å². The lowest BCUT2D eigenvalue weighted by molar-refractivity contribution is -0.135. The molecule has 190 valence electrons. The van der Waals surface area contributed by atoms with Gasteiger partial charge in [0.1, 0.15) is 17.4 Å². The first-order chi connectivity index (χ1) is 16.2. The summed E-state index contributed by atoms with van der Waals surface area (Å²) in [5.41, 5.74) is 2.06. The summed E-state index contributed by atoms with van der Waals surface area (Å²) in [6.45, 7) is 16.7. The van der Waals surface area contributed by atoms with Crippen LogP contribution in [-0.4, -0.2) is 17.6 Å². The van der Waals surface area contributed by atoms with Crippen molar-refractivity contribution < 1.29 is 18.3 Å². The molecule has 0 saturated carbocycles. The number of rotatable bonds is 8. The lowest BCUT2D eigenvalue weighted by Crippen LogP contribution is -2.50. The Morgan fingerprint density at radius 1 is 1.06 bits per heavy atom. The van der Waals surface area contributed by atoms with E-state index in [1.54, 1.807) is 19.9 Å². The van der Waals surface area contributed by atoms with Crippen molar-refractivity contribution >= 4 is 17.5 Å². The smallest absolute Gasteiger partial charge is 0.263 e. The Labute approximate surface area is 213 Å². The first-order valence-electron chi connectivity index (χ1n) is 11.4. The van der Waals surface area contributed by atoms with Gasteiger partial charge in [-0.1, -0.05) is 66.6 Å². The quantitative estimate of drug-likeness (QED) is 0.369. The normalized spacial score (nSPS) is 13.0. The van der Waals surface area contributed by atoms with Crippen LogP contribution in [0.15, 0.2) is 78.4 Å². The molecule has 0 aliphatic carbocycles. The van der Waals surface area contributed by atoms with E-state index in [-0.39, 0.29) is 34.5 Å². The van der Waals surface area contributed by atoms with Gasteiger partial charge in [-0.15, -0.1) is 0 Å². The molecule has 2 aromatic rings. The molecule has 1 N–H and O–H groups in total. The molecule has 0 fully saturated rings. The van der Waals surface area contributed by atoms with Gasteiger partial charge in [0.25, 0.3) is 5.91 Å². The molecule has 2 unspecified atom stereocenters. The van der Waals surface area contributed by atoms with Crippen molar-refractivity contribution in [3.63, 3.8) is 0 Å². The fourth-order valence-corrected chi connectivity index (χ4v) is 3.09. The summed E-state index contributed by atoms with van der Waals surface area (Å²) in [5.74, 6) is -1.17. The van der Waals surface area contributed by atoms with E-state index in [0.29, 0.717) is 0 Å². The summed E-state index contributed by atoms with van der Waals surface area (Å²) in [6, 6.07) is 9.78. The Balaban J connectivity index is 0.000000579. The van der Waals surface area contributed by atoms with E-state index < -0.39 is 11.4 Å². The minimum Gasteiger partial charge on any atom is -0.478 e. The largest absolute Gasteiger partial charge is 0.478 e. The van der Waals surface area contributed by atoms with E-state index in [0.717, 1.165) is 11.6 Å². The molecule has 35 heavy (non-hydrogen) atoms. The van der Waals surface area contributed by atoms with Gasteiger partial charge in [-0.2, -0.15) is 0 Å². The molecule has 0 aliphatic rings. The van der Waals surface area contributed by atoms with Crippen LogP contribution in [0.5, 0.6) is 5.75 Å². The zero-order valence-corrected chi connectivity index (χ0v) is 22.3. The van der Waals surface area contributed by atoms with Gasteiger partial charge in [0.15, 0.2) is 5.60 Å². The second kappa shape index (κ2) is 13.8. The van der Waals surface area contributed by atoms with E-state index in [2.05, 4.69) is 37.9 Å². The van der Waals surface area contributed by atoms with E-state index in [1.165, 1.54) is 35.4 Å². The zero-order chi connectivity index (χ0) is 26.8. The summed E-state index contributed by atoms with van der Waals surface area (Å²) in [7, 11) is 0. The number of hydrogen-bond donors (Lipinski definition) is 1. The van der Waals surface area contributed by atoms with Crippen molar-refractivity contribution in [1.29, 1.82) is 0 Å². The molecular formula is C29H36ClF2NO2. The maximum absolute atomic E-state index is 13.4. The lowest BCUT2D eigenvalue weighted by Gasteiger charge is -2.29. The van der Waals surface area contributed by atoms with Gasteiger partial charge in [-0.3, -0.25) is 4.79 Å². The Morgan fingerprint density at radius 2 is 1.71 bits per heavy atom. The average molecular weight is 504 g/mol. The molecule has 0 spiro atoms. The van der Waals surface area contributed by atoms with Gasteiger partial charge >= 0.3 is 0 Å². The van der Waals surface area contributed by atoms with Crippen LogP contribution in [0.4, 0.5) is 8.78 Å². The van der Waals surface area contributed by atoms with E-state index in [9.17, 15) is 13.6 Å². The lowest BCUT2D eigenvalue weighted by atomic mass is 9.93. The third kappa shape index (κ3) is 10.9. The van der Waals surface area contributed by atoms with Gasteiger partial charge in [-0.05, 0) is 71.4 Å². The van der Waals surface area contributed by atoms with Crippen LogP contribution < -0.4 is 10.1 Å². The molecule has 3 nitrogen and oxygen atoms in total. The van der Waals surface area contributed by atoms with Crippen LogP contribution >= 0.6 is 11.6 Å². The average Bonchev–Trinajstić information content (AvgIpc) is 2.76. The van der Waals surface area contributed by atoms with Crippen molar-refractivity contribution in [2.24, 2.45) is 0 Å². The third-order valence-electron chi connectivity index (χ3n) is 5.24. The topological polar surface area (TPSA) is 38.3 Å². The molecule has 0 bridgehead atoms. The van der Waals surface area contributed by atoms with Crippen molar-refractivity contribution in [1.82, 2.24) is 5.32 Å². The minimum absolute atomic E-state index is 0.103. The van der Waals surface area contributed by atoms with Gasteiger partial charge in [0.05, 0.1) is 0 Å². The molecule has 0 heterocycles. The second-order valence-corrected chi connectivity index (χ2v) is 9.62. The Bertz CT molecular complexity index is 1050. The predicted molar refractivity (Wildman–Crippen MR) is 142 cm³/mol. The molecule has 0 saturated heterocycles. The number of hydrogen-bond acceptors (Lipinski definition) is 2. The fraction of sp³-hybridized carbons (Fsp3) is 0.345. The van der Waals surface area contributed by atoms with Crippen LogP contribution in [0.1, 0.15) is 59.9 Å². The van der Waals surface area contributed by atoms with Crippen molar-refractivity contribution in [3.05, 3.63) is 101 Å². The zero-order valence-electron chi connectivity index (χ0n) is 21.6. The SMILES string of the molecule is C=C/C(C)=C\C=C(C)C.CC(NC(=O)C(C)(C)Oc1cc(F)cc(Cl)c1)C(C)c1cccc(F)c1. The maximum Gasteiger partial charge on any atom is 0.263 e. The van der Waals surface area contributed by atoms with Crippen LogP contribution in [-0.2, 0) is 4.79 Å². The number of ether oxygens (including phenoxy) is 1. The standard InChI is InChI=1S/C20H22ClF2NO2.C9H14/c1-12(14-6-5-7-16(22)8-14)13(2)24-19(25)20(3,4)26-18-10-15(21)9-17(23)11-18;1-5-9(4)7-6-8(2)3/h5-13H,1-4H3,(H,24,25);5-7H,1H2,2-4H3/b;9-7-. The van der Waals surface area contributed by atoms with Crippen LogP contribution in [0.2, 0.25) is 5.02 Å². The maximum atomic E-state index is 13.4. The molecule has 6 heteroatoms. The summed E-state index contributed by atoms with van der Waals surface area (Å²) in [6.07, 6.45) is 5.98. The molecule has 2 aromatic carbocycles. The first kappa shape index (κ1) is 30.1. The van der Waals surface area contributed by atoms with Crippen molar-refractivity contribution in [2.45, 2.75) is 66.0 Å². The van der Waals surface area contributed by atoms with Gasteiger partial charge in [-0.25, -0.2) is 8.78 Å². The first-order valence-corrected chi connectivity index (χ1v) is 11.8. The fourth-order valence-electron chi connectivity index (χ4n) is 2.88. The van der Waals surface area contributed by atoms with Gasteiger partial charge in [0, 0.05) is 23.0 Å². The van der Waals surface area contributed by atoms with Gasteiger partial charge in [0.2, 0.25) is 0 Å². The highest BCUT2D eigenvalue weighted by molar-refractivity contribution is 6.30. The third-order valence-corrected chi connectivity index (χ3v) is 5.46. The molecule has 2 rings (SSSR count). The van der Waals surface area contributed by atoms with E-state index in [4.69, 9.17) is 16.3 Å². The number of amides is 1. The second-order valence-electron chi connectivity index (χ2n) is 9.18. The number of halogens is 3. The number of carbonyl (C=O) groups excluding carboxylic acids is 1. The Morgan fingerprint density at radius 3 is 2.26 bits per heavy atom. The summed E-state index contributed by atoms with van der Waals surface area (Å²) in [4.78, 5) is 12.6. The highest BCUT2D eigenvalue weighted by Crippen LogP contribution is 2.25. The molecule has 2 atom stereocenters. The number of nitrogens with one attached hydrogen (secondary N) is 1. The van der Waals surface area contributed by atoms with Gasteiger partial charge < -0.3 is 10.1 Å². The van der Waals surface area contributed by atoms with Crippen LogP contribution in [0, 0.1) is 11.6 Å². The summed E-state index contributed by atoms with van der Waals surface area (Å²) >= 11 is 5.81. The van der Waals surface area contributed by atoms with Crippen molar-refractivity contribution in [2.75, 3.05) is 0 Å². The molecule has 1 amide bonds. The number of allylic oxidation sites excluding steroid dienone is 5. The summed E-state index contributed by atoms with van der Waals surface area (Å²) in [5, 5.41) is 3.06. The van der Waals surface area contributed by atoms with Crippen LogP contribution in [0.3, 0.4) is 0 Å². The molecule has 0 aromatic heterocycles. The number of carbonyl (C=O) groups is 1. The summed E-state index contributed by atoms with van der Waals surface area (Å²) < 4.78 is 32.5. The molecule has 0 radical (unpaired) electrons. The van der Waals surface area contributed by atoms with Crippen LogP contribution in [0.25, 0.3) is 0 Å². The number of benzene rings is 2. The minimum atomic E-state index is -1.24. The monoisotopic (exact) mass is 503 g/mol. The highest BCUT2D eigenvalue weighted by Gasteiger charge is 2.32. The molecular weight excluding hydrogens is 468 g/mol. The molecule has 0 aliphatic heterocycles.